The van der Waals surface area contributed by atoms with Crippen LogP contribution in [0.25, 0.3) is 0 Å². The van der Waals surface area contributed by atoms with Crippen LogP contribution in [0.4, 0.5) is 0 Å². The Morgan fingerprint density at radius 1 is 1.50 bits per heavy atom. The molecule has 0 saturated carbocycles. The first kappa shape index (κ1) is 9.59. The summed E-state index contributed by atoms with van der Waals surface area (Å²) < 4.78 is 5.13. The standard InChI is InChI=1S/C10H13BrO/c1-3-10(11)8-5-4-6-9(7-8)12-2/h4-7,10H,3H2,1-2H3/t10-/m1/s1. The predicted octanol–water partition coefficient (Wildman–Crippen LogP) is 3.54. The maximum Gasteiger partial charge on any atom is 0.119 e. The Kier molecular flexibility index (Phi) is 3.60. The molecule has 0 fully saturated rings. The van der Waals surface area contributed by atoms with Gasteiger partial charge in [-0.2, -0.15) is 0 Å². The molecule has 0 unspecified atom stereocenters. The zero-order chi connectivity index (χ0) is 8.97. The average molecular weight is 229 g/mol. The lowest BCUT2D eigenvalue weighted by molar-refractivity contribution is 0.414. The van der Waals surface area contributed by atoms with Gasteiger partial charge in [0.1, 0.15) is 5.75 Å². The molecule has 0 aliphatic rings. The first-order valence-electron chi connectivity index (χ1n) is 4.06. The van der Waals surface area contributed by atoms with Gasteiger partial charge >= 0.3 is 0 Å². The minimum Gasteiger partial charge on any atom is -0.497 e. The summed E-state index contributed by atoms with van der Waals surface area (Å²) in [6.07, 6.45) is 1.09. The van der Waals surface area contributed by atoms with Crippen molar-refractivity contribution in [1.82, 2.24) is 0 Å². The second kappa shape index (κ2) is 4.51. The van der Waals surface area contributed by atoms with Gasteiger partial charge in [0.2, 0.25) is 0 Å². The molecule has 0 radical (unpaired) electrons. The monoisotopic (exact) mass is 228 g/mol. The summed E-state index contributed by atoms with van der Waals surface area (Å²) >= 11 is 3.59. The number of hydrogen-bond donors (Lipinski definition) is 0. The highest BCUT2D eigenvalue weighted by Crippen LogP contribution is 2.28. The van der Waals surface area contributed by atoms with Crippen LogP contribution in [0, 0.1) is 0 Å². The molecular formula is C10H13BrO. The van der Waals surface area contributed by atoms with Crippen LogP contribution in [0.15, 0.2) is 24.3 Å². The van der Waals surface area contributed by atoms with E-state index in [-0.39, 0.29) is 0 Å². The quantitative estimate of drug-likeness (QED) is 0.720. The van der Waals surface area contributed by atoms with Crippen LogP contribution in [-0.2, 0) is 0 Å². The van der Waals surface area contributed by atoms with E-state index < -0.39 is 0 Å². The smallest absolute Gasteiger partial charge is 0.119 e. The van der Waals surface area contributed by atoms with E-state index in [4.69, 9.17) is 4.74 Å². The predicted molar refractivity (Wildman–Crippen MR) is 55.0 cm³/mol. The van der Waals surface area contributed by atoms with Crippen molar-refractivity contribution in [3.05, 3.63) is 29.8 Å². The molecule has 0 amide bonds. The highest BCUT2D eigenvalue weighted by molar-refractivity contribution is 9.09. The van der Waals surface area contributed by atoms with E-state index in [2.05, 4.69) is 35.0 Å². The largest absolute Gasteiger partial charge is 0.497 e. The Labute approximate surface area is 81.9 Å². The number of methoxy groups -OCH3 is 1. The Morgan fingerprint density at radius 2 is 2.25 bits per heavy atom. The molecule has 0 bridgehead atoms. The molecule has 1 atom stereocenters. The molecule has 0 aliphatic heterocycles. The summed E-state index contributed by atoms with van der Waals surface area (Å²) in [7, 11) is 1.69. The molecule has 1 nitrogen and oxygen atoms in total. The van der Waals surface area contributed by atoms with Crippen LogP contribution in [-0.4, -0.2) is 7.11 Å². The molecule has 1 aromatic carbocycles. The number of halogens is 1. The first-order chi connectivity index (χ1) is 5.77. The molecular weight excluding hydrogens is 216 g/mol. The van der Waals surface area contributed by atoms with E-state index >= 15 is 0 Å². The van der Waals surface area contributed by atoms with Crippen LogP contribution in [0.1, 0.15) is 23.7 Å². The normalized spacial score (nSPS) is 12.6. The van der Waals surface area contributed by atoms with E-state index in [0.29, 0.717) is 4.83 Å². The SMILES string of the molecule is CC[C@@H](Br)c1cccc(OC)c1. The molecule has 1 aromatic rings. The Bertz CT molecular complexity index is 247. The van der Waals surface area contributed by atoms with Crippen molar-refractivity contribution in [3.63, 3.8) is 0 Å². The lowest BCUT2D eigenvalue weighted by Gasteiger charge is -2.08. The van der Waals surface area contributed by atoms with Crippen molar-refractivity contribution in [3.8, 4) is 5.75 Å². The van der Waals surface area contributed by atoms with Gasteiger partial charge in [0.05, 0.1) is 7.11 Å². The van der Waals surface area contributed by atoms with Crippen molar-refractivity contribution in [2.45, 2.75) is 18.2 Å². The van der Waals surface area contributed by atoms with Gasteiger partial charge in [0.15, 0.2) is 0 Å². The summed E-state index contributed by atoms with van der Waals surface area (Å²) in [6, 6.07) is 8.13. The van der Waals surface area contributed by atoms with E-state index in [0.717, 1.165) is 12.2 Å². The molecule has 0 spiro atoms. The van der Waals surface area contributed by atoms with Gasteiger partial charge in [0.25, 0.3) is 0 Å². The summed E-state index contributed by atoms with van der Waals surface area (Å²) in [4.78, 5) is 0.438. The maximum atomic E-state index is 5.13. The van der Waals surface area contributed by atoms with Crippen molar-refractivity contribution < 1.29 is 4.74 Å². The minimum atomic E-state index is 0.438. The lowest BCUT2D eigenvalue weighted by Crippen LogP contribution is -1.89. The average Bonchev–Trinajstić information content (AvgIpc) is 2.17. The van der Waals surface area contributed by atoms with Crippen LogP contribution >= 0.6 is 15.9 Å². The Morgan fingerprint density at radius 3 is 2.83 bits per heavy atom. The number of alkyl halides is 1. The first-order valence-corrected chi connectivity index (χ1v) is 4.97. The summed E-state index contributed by atoms with van der Waals surface area (Å²) in [6.45, 7) is 2.15. The van der Waals surface area contributed by atoms with Gasteiger partial charge < -0.3 is 4.74 Å². The summed E-state index contributed by atoms with van der Waals surface area (Å²) in [5.74, 6) is 0.922. The van der Waals surface area contributed by atoms with Crippen molar-refractivity contribution >= 4 is 15.9 Å². The van der Waals surface area contributed by atoms with Crippen molar-refractivity contribution in [2.75, 3.05) is 7.11 Å². The van der Waals surface area contributed by atoms with E-state index in [1.165, 1.54) is 5.56 Å². The van der Waals surface area contributed by atoms with E-state index in [9.17, 15) is 0 Å². The van der Waals surface area contributed by atoms with Crippen LogP contribution < -0.4 is 4.74 Å². The van der Waals surface area contributed by atoms with Gasteiger partial charge in [-0.3, -0.25) is 0 Å². The molecule has 1 rings (SSSR count). The maximum absolute atomic E-state index is 5.13. The molecule has 12 heavy (non-hydrogen) atoms. The third-order valence-corrected chi connectivity index (χ3v) is 2.99. The topological polar surface area (TPSA) is 9.23 Å². The van der Waals surface area contributed by atoms with Gasteiger partial charge in [-0.15, -0.1) is 0 Å². The van der Waals surface area contributed by atoms with Gasteiger partial charge in [-0.05, 0) is 24.1 Å². The second-order valence-corrected chi connectivity index (χ2v) is 3.76. The molecule has 66 valence electrons. The third kappa shape index (κ3) is 2.24. The zero-order valence-electron chi connectivity index (χ0n) is 7.38. The lowest BCUT2D eigenvalue weighted by atomic mass is 10.1. The molecule has 0 aromatic heterocycles. The van der Waals surface area contributed by atoms with Crippen molar-refractivity contribution in [1.29, 1.82) is 0 Å². The zero-order valence-corrected chi connectivity index (χ0v) is 8.97. The third-order valence-electron chi connectivity index (χ3n) is 1.81. The van der Waals surface area contributed by atoms with E-state index in [1.807, 2.05) is 12.1 Å². The Balaban J connectivity index is 2.86. The van der Waals surface area contributed by atoms with E-state index in [1.54, 1.807) is 7.11 Å². The Hall–Kier alpha value is -0.500. The van der Waals surface area contributed by atoms with Gasteiger partial charge in [-0.1, -0.05) is 35.0 Å². The van der Waals surface area contributed by atoms with Crippen molar-refractivity contribution in [2.24, 2.45) is 0 Å². The minimum absolute atomic E-state index is 0.438. The highest BCUT2D eigenvalue weighted by Gasteiger charge is 2.04. The van der Waals surface area contributed by atoms with Crippen LogP contribution in [0.3, 0.4) is 0 Å². The molecule has 0 N–H and O–H groups in total. The molecule has 2 heteroatoms. The summed E-state index contributed by atoms with van der Waals surface area (Å²) in [5.41, 5.74) is 1.27. The molecule has 0 saturated heterocycles. The fraction of sp³-hybridized carbons (Fsp3) is 0.400. The number of hydrogen-bond acceptors (Lipinski definition) is 1. The number of rotatable bonds is 3. The fourth-order valence-corrected chi connectivity index (χ4v) is 1.36. The summed E-state index contributed by atoms with van der Waals surface area (Å²) in [5, 5.41) is 0. The number of ether oxygens (including phenoxy) is 1. The van der Waals surface area contributed by atoms with Crippen LogP contribution in [0.2, 0.25) is 0 Å². The highest BCUT2D eigenvalue weighted by atomic mass is 79.9. The number of benzene rings is 1. The molecule has 0 aliphatic carbocycles. The van der Waals surface area contributed by atoms with Gasteiger partial charge in [-0.25, -0.2) is 0 Å². The van der Waals surface area contributed by atoms with Gasteiger partial charge in [0, 0.05) is 4.83 Å². The molecule has 0 heterocycles. The second-order valence-electron chi connectivity index (χ2n) is 2.65. The van der Waals surface area contributed by atoms with Crippen LogP contribution in [0.5, 0.6) is 5.75 Å². The fourth-order valence-electron chi connectivity index (χ4n) is 1.07.